The highest BCUT2D eigenvalue weighted by molar-refractivity contribution is 6.33. The summed E-state index contributed by atoms with van der Waals surface area (Å²) in [5, 5.41) is 4.69. The van der Waals surface area contributed by atoms with Crippen LogP contribution in [0.1, 0.15) is 12.8 Å². The second kappa shape index (κ2) is 8.46. The molecular weight excluding hydrogens is 431 g/mol. The van der Waals surface area contributed by atoms with Crippen molar-refractivity contribution in [2.45, 2.75) is 18.9 Å². The summed E-state index contributed by atoms with van der Waals surface area (Å²) in [5.74, 6) is 1.59. The molecule has 4 aromatic rings. The summed E-state index contributed by atoms with van der Waals surface area (Å²) in [7, 11) is 2.02. The first-order valence-corrected chi connectivity index (χ1v) is 11.1. The van der Waals surface area contributed by atoms with Crippen LogP contribution < -0.4 is 10.2 Å². The van der Waals surface area contributed by atoms with Crippen molar-refractivity contribution in [3.8, 4) is 17.1 Å². The standard InChI is InChI=1S/C23H22Cl2N6/c1-26-16-10-12-30(13-11-16)22-20-23(28-14-27-22)31(17-8-6-15(24)7-9-17)21(29-20)18-4-2-3-5-19(18)25/h2-9,14,16,26H,10-13H2,1H3. The molecule has 158 valence electrons. The molecule has 0 aliphatic carbocycles. The third-order valence-corrected chi connectivity index (χ3v) is 6.41. The molecule has 1 N–H and O–H groups in total. The van der Waals surface area contributed by atoms with Gasteiger partial charge in [-0.25, -0.2) is 15.0 Å². The Morgan fingerprint density at radius 2 is 1.71 bits per heavy atom. The maximum Gasteiger partial charge on any atom is 0.170 e. The van der Waals surface area contributed by atoms with Gasteiger partial charge in [-0.2, -0.15) is 0 Å². The molecule has 0 saturated carbocycles. The molecule has 8 heteroatoms. The predicted octanol–water partition coefficient (Wildman–Crippen LogP) is 4.98. The lowest BCUT2D eigenvalue weighted by molar-refractivity contribution is 0.441. The van der Waals surface area contributed by atoms with Gasteiger partial charge in [0.05, 0.1) is 5.02 Å². The van der Waals surface area contributed by atoms with Crippen molar-refractivity contribution in [2.75, 3.05) is 25.0 Å². The molecular formula is C23H22Cl2N6. The molecule has 31 heavy (non-hydrogen) atoms. The Balaban J connectivity index is 1.71. The van der Waals surface area contributed by atoms with Crippen molar-refractivity contribution < 1.29 is 0 Å². The minimum Gasteiger partial charge on any atom is -0.355 e. The Morgan fingerprint density at radius 3 is 2.42 bits per heavy atom. The van der Waals surface area contributed by atoms with E-state index in [1.165, 1.54) is 0 Å². The van der Waals surface area contributed by atoms with E-state index in [1.807, 2.05) is 60.1 Å². The fourth-order valence-corrected chi connectivity index (χ4v) is 4.50. The molecule has 0 radical (unpaired) electrons. The number of hydrogen-bond donors (Lipinski definition) is 1. The van der Waals surface area contributed by atoms with Crippen LogP contribution in [0, 0.1) is 0 Å². The van der Waals surface area contributed by atoms with Crippen LogP contribution in [0.3, 0.4) is 0 Å². The van der Waals surface area contributed by atoms with Gasteiger partial charge in [-0.15, -0.1) is 0 Å². The van der Waals surface area contributed by atoms with Gasteiger partial charge in [-0.3, -0.25) is 4.57 Å². The Labute approximate surface area is 190 Å². The summed E-state index contributed by atoms with van der Waals surface area (Å²) in [6.07, 6.45) is 3.75. The minimum atomic E-state index is 0.541. The summed E-state index contributed by atoms with van der Waals surface area (Å²) in [5.41, 5.74) is 3.28. The number of benzene rings is 2. The van der Waals surface area contributed by atoms with E-state index in [0.29, 0.717) is 16.1 Å². The number of aromatic nitrogens is 4. The highest BCUT2D eigenvalue weighted by Crippen LogP contribution is 2.35. The van der Waals surface area contributed by atoms with Crippen LogP contribution >= 0.6 is 23.2 Å². The van der Waals surface area contributed by atoms with Crippen molar-refractivity contribution >= 4 is 40.2 Å². The largest absolute Gasteiger partial charge is 0.355 e. The van der Waals surface area contributed by atoms with E-state index in [0.717, 1.165) is 60.0 Å². The Kier molecular flexibility index (Phi) is 5.52. The molecule has 2 aromatic carbocycles. The quantitative estimate of drug-likeness (QED) is 0.473. The van der Waals surface area contributed by atoms with Crippen molar-refractivity contribution in [1.29, 1.82) is 0 Å². The fourth-order valence-electron chi connectivity index (χ4n) is 4.15. The number of piperidine rings is 1. The minimum absolute atomic E-state index is 0.541. The second-order valence-electron chi connectivity index (χ2n) is 7.65. The first-order chi connectivity index (χ1) is 15.2. The molecule has 5 rings (SSSR count). The average molecular weight is 453 g/mol. The Bertz CT molecular complexity index is 1210. The van der Waals surface area contributed by atoms with Crippen LogP contribution in [0.5, 0.6) is 0 Å². The Morgan fingerprint density at radius 1 is 0.968 bits per heavy atom. The third-order valence-electron chi connectivity index (χ3n) is 5.83. The molecule has 0 spiro atoms. The van der Waals surface area contributed by atoms with E-state index in [1.54, 1.807) is 6.33 Å². The van der Waals surface area contributed by atoms with Gasteiger partial charge in [0.15, 0.2) is 17.0 Å². The van der Waals surface area contributed by atoms with E-state index >= 15 is 0 Å². The lowest BCUT2D eigenvalue weighted by Gasteiger charge is -2.32. The number of fused-ring (bicyclic) bond motifs is 1. The summed E-state index contributed by atoms with van der Waals surface area (Å²) < 4.78 is 2.03. The molecule has 0 bridgehead atoms. The SMILES string of the molecule is CNC1CCN(c2ncnc3c2nc(-c2ccccc2Cl)n3-c2ccc(Cl)cc2)CC1. The molecule has 0 amide bonds. The molecule has 1 aliphatic heterocycles. The zero-order valence-electron chi connectivity index (χ0n) is 17.1. The van der Waals surface area contributed by atoms with E-state index < -0.39 is 0 Å². The number of nitrogens with one attached hydrogen (secondary N) is 1. The van der Waals surface area contributed by atoms with Gasteiger partial charge in [0, 0.05) is 35.4 Å². The maximum atomic E-state index is 6.56. The number of halogens is 2. The van der Waals surface area contributed by atoms with Crippen LogP contribution in [-0.2, 0) is 0 Å². The number of rotatable bonds is 4. The van der Waals surface area contributed by atoms with Crippen molar-refractivity contribution in [3.05, 3.63) is 64.9 Å². The molecule has 1 saturated heterocycles. The van der Waals surface area contributed by atoms with E-state index in [2.05, 4.69) is 20.2 Å². The zero-order valence-corrected chi connectivity index (χ0v) is 18.6. The lowest BCUT2D eigenvalue weighted by Crippen LogP contribution is -2.41. The second-order valence-corrected chi connectivity index (χ2v) is 8.49. The van der Waals surface area contributed by atoms with Crippen LogP contribution in [0.15, 0.2) is 54.9 Å². The topological polar surface area (TPSA) is 58.9 Å². The van der Waals surface area contributed by atoms with Crippen LogP contribution in [0.4, 0.5) is 5.82 Å². The first kappa shape index (κ1) is 20.2. The maximum absolute atomic E-state index is 6.56. The Hall–Kier alpha value is -2.67. The lowest BCUT2D eigenvalue weighted by atomic mass is 10.1. The van der Waals surface area contributed by atoms with Gasteiger partial charge >= 0.3 is 0 Å². The predicted molar refractivity (Wildman–Crippen MR) is 126 cm³/mol. The molecule has 1 fully saturated rings. The van der Waals surface area contributed by atoms with E-state index in [-0.39, 0.29) is 0 Å². The van der Waals surface area contributed by atoms with Crippen LogP contribution in [-0.4, -0.2) is 45.7 Å². The molecule has 0 unspecified atom stereocenters. The van der Waals surface area contributed by atoms with Gasteiger partial charge in [0.25, 0.3) is 0 Å². The highest BCUT2D eigenvalue weighted by Gasteiger charge is 2.25. The van der Waals surface area contributed by atoms with Gasteiger partial charge in [-0.1, -0.05) is 35.3 Å². The molecule has 2 aromatic heterocycles. The van der Waals surface area contributed by atoms with Crippen molar-refractivity contribution in [1.82, 2.24) is 24.8 Å². The number of anilines is 1. The molecule has 0 atom stereocenters. The van der Waals surface area contributed by atoms with E-state index in [9.17, 15) is 0 Å². The monoisotopic (exact) mass is 452 g/mol. The van der Waals surface area contributed by atoms with Gasteiger partial charge < -0.3 is 10.2 Å². The van der Waals surface area contributed by atoms with Crippen molar-refractivity contribution in [2.24, 2.45) is 0 Å². The summed E-state index contributed by atoms with van der Waals surface area (Å²) in [6.45, 7) is 1.85. The fraction of sp³-hybridized carbons (Fsp3) is 0.261. The number of nitrogens with zero attached hydrogens (tertiary/aromatic N) is 5. The number of imidazole rings is 1. The van der Waals surface area contributed by atoms with Crippen LogP contribution in [0.2, 0.25) is 10.0 Å². The summed E-state index contributed by atoms with van der Waals surface area (Å²) in [6, 6.07) is 15.9. The smallest absolute Gasteiger partial charge is 0.170 e. The zero-order chi connectivity index (χ0) is 21.4. The van der Waals surface area contributed by atoms with Crippen LogP contribution in [0.25, 0.3) is 28.2 Å². The summed E-state index contributed by atoms with van der Waals surface area (Å²) >= 11 is 12.7. The number of hydrogen-bond acceptors (Lipinski definition) is 5. The van der Waals surface area contributed by atoms with Gasteiger partial charge in [-0.05, 0) is 56.3 Å². The average Bonchev–Trinajstić information content (AvgIpc) is 3.19. The molecule has 1 aliphatic rings. The van der Waals surface area contributed by atoms with E-state index in [4.69, 9.17) is 28.2 Å². The third kappa shape index (κ3) is 3.76. The highest BCUT2D eigenvalue weighted by atomic mass is 35.5. The summed E-state index contributed by atoms with van der Waals surface area (Å²) in [4.78, 5) is 16.6. The van der Waals surface area contributed by atoms with Crippen molar-refractivity contribution in [3.63, 3.8) is 0 Å². The first-order valence-electron chi connectivity index (χ1n) is 10.3. The van der Waals surface area contributed by atoms with Gasteiger partial charge in [0.1, 0.15) is 12.2 Å². The normalized spacial score (nSPS) is 15.0. The molecule has 3 heterocycles. The molecule has 6 nitrogen and oxygen atoms in total. The van der Waals surface area contributed by atoms with Gasteiger partial charge in [0.2, 0.25) is 0 Å².